The molecule has 0 bridgehead atoms. The van der Waals surface area contributed by atoms with Crippen LogP contribution in [-0.2, 0) is 16.0 Å². The fraction of sp³-hybridized carbons (Fsp3) is 0.583. The standard InChI is InChI=1S/C24H32FN5O3/c1-2-16(25)13-27-24-28-14-20(23(30-24)29-17-4-6-18(31)7-5-17)21-9-3-15(12-26-21)11-19-8-10-22(32)33-19/h3,9,12,14,16-19,31H,2,4-8,10-11,13H2,1H3,(H2,27,28,29,30)/t16-,17-,18-,19?/m0/s1. The van der Waals surface area contributed by atoms with Crippen LogP contribution in [0.3, 0.4) is 0 Å². The third kappa shape index (κ3) is 6.37. The summed E-state index contributed by atoms with van der Waals surface area (Å²) in [5.74, 6) is 0.873. The molecular formula is C24H32FN5O3. The summed E-state index contributed by atoms with van der Waals surface area (Å²) in [5, 5.41) is 16.3. The summed E-state index contributed by atoms with van der Waals surface area (Å²) in [6.07, 6.45) is 7.71. The van der Waals surface area contributed by atoms with Gasteiger partial charge in [0.25, 0.3) is 0 Å². The van der Waals surface area contributed by atoms with E-state index in [0.29, 0.717) is 31.0 Å². The molecular weight excluding hydrogens is 425 g/mol. The van der Waals surface area contributed by atoms with Gasteiger partial charge < -0.3 is 20.5 Å². The Morgan fingerprint density at radius 2 is 2.00 bits per heavy atom. The highest BCUT2D eigenvalue weighted by Gasteiger charge is 2.24. The lowest BCUT2D eigenvalue weighted by molar-refractivity contribution is -0.141. The Hall–Kier alpha value is -2.81. The van der Waals surface area contributed by atoms with Gasteiger partial charge in [-0.3, -0.25) is 9.78 Å². The Bertz CT molecular complexity index is 934. The summed E-state index contributed by atoms with van der Waals surface area (Å²) in [4.78, 5) is 24.9. The highest BCUT2D eigenvalue weighted by Crippen LogP contribution is 2.29. The predicted molar refractivity (Wildman–Crippen MR) is 124 cm³/mol. The van der Waals surface area contributed by atoms with Crippen LogP contribution in [0.25, 0.3) is 11.3 Å². The molecule has 4 rings (SSSR count). The van der Waals surface area contributed by atoms with Crippen LogP contribution in [-0.4, -0.2) is 57.0 Å². The van der Waals surface area contributed by atoms with E-state index < -0.39 is 6.17 Å². The summed E-state index contributed by atoms with van der Waals surface area (Å²) in [6.45, 7) is 1.95. The van der Waals surface area contributed by atoms with Gasteiger partial charge in [-0.2, -0.15) is 4.98 Å². The normalized spacial score (nSPS) is 23.7. The van der Waals surface area contributed by atoms with Gasteiger partial charge in [0, 0.05) is 37.8 Å². The number of aromatic nitrogens is 3. The van der Waals surface area contributed by atoms with Gasteiger partial charge in [0.05, 0.1) is 17.4 Å². The molecule has 1 saturated carbocycles. The molecule has 0 spiro atoms. The maximum atomic E-state index is 13.7. The second kappa shape index (κ2) is 10.9. The van der Waals surface area contributed by atoms with Gasteiger partial charge in [0.2, 0.25) is 5.95 Å². The summed E-state index contributed by atoms with van der Waals surface area (Å²) < 4.78 is 19.0. The molecule has 1 unspecified atom stereocenters. The smallest absolute Gasteiger partial charge is 0.306 e. The number of hydrogen-bond acceptors (Lipinski definition) is 8. The van der Waals surface area contributed by atoms with Crippen LogP contribution < -0.4 is 10.6 Å². The molecule has 0 radical (unpaired) electrons. The van der Waals surface area contributed by atoms with E-state index in [1.165, 1.54) is 0 Å². The number of pyridine rings is 1. The number of carbonyl (C=O) groups is 1. The fourth-order valence-corrected chi connectivity index (χ4v) is 4.22. The van der Waals surface area contributed by atoms with Crippen LogP contribution >= 0.6 is 0 Å². The van der Waals surface area contributed by atoms with Crippen molar-refractivity contribution in [2.45, 2.75) is 82.7 Å². The zero-order valence-corrected chi connectivity index (χ0v) is 19.0. The van der Waals surface area contributed by atoms with Crippen LogP contribution in [0.5, 0.6) is 0 Å². The highest BCUT2D eigenvalue weighted by atomic mass is 19.1. The maximum Gasteiger partial charge on any atom is 0.306 e. The van der Waals surface area contributed by atoms with Gasteiger partial charge in [0.15, 0.2) is 0 Å². The van der Waals surface area contributed by atoms with Crippen molar-refractivity contribution in [1.29, 1.82) is 0 Å². The number of ether oxygens (including phenoxy) is 1. The minimum atomic E-state index is -0.960. The first-order chi connectivity index (χ1) is 16.0. The second-order valence-electron chi connectivity index (χ2n) is 8.90. The first-order valence-electron chi connectivity index (χ1n) is 11.8. The number of aliphatic hydroxyl groups is 1. The van der Waals surface area contributed by atoms with E-state index in [-0.39, 0.29) is 30.8 Å². The average Bonchev–Trinajstić information content (AvgIpc) is 3.24. The first-order valence-corrected chi connectivity index (χ1v) is 11.8. The molecule has 8 nitrogen and oxygen atoms in total. The monoisotopic (exact) mass is 457 g/mol. The predicted octanol–water partition coefficient (Wildman–Crippen LogP) is 3.66. The summed E-state index contributed by atoms with van der Waals surface area (Å²) in [6, 6.07) is 4.09. The third-order valence-electron chi connectivity index (χ3n) is 6.28. The minimum absolute atomic E-state index is 0.0832. The molecule has 178 valence electrons. The molecule has 3 N–H and O–H groups in total. The van der Waals surface area contributed by atoms with Crippen LogP contribution in [0.15, 0.2) is 24.5 Å². The molecule has 2 aromatic rings. The van der Waals surface area contributed by atoms with Gasteiger partial charge in [0.1, 0.15) is 18.1 Å². The molecule has 1 aliphatic heterocycles. The number of carbonyl (C=O) groups excluding carboxylic acids is 1. The minimum Gasteiger partial charge on any atom is -0.462 e. The third-order valence-corrected chi connectivity index (χ3v) is 6.28. The van der Waals surface area contributed by atoms with Gasteiger partial charge >= 0.3 is 5.97 Å². The number of hydrogen-bond donors (Lipinski definition) is 3. The molecule has 3 heterocycles. The number of halogens is 1. The SMILES string of the molecule is CC[C@H](F)CNc1ncc(-c2ccc(CC3CCC(=O)O3)cn2)c(N[C@H]2CC[C@H](O)CC2)n1. The van der Waals surface area contributed by atoms with Crippen molar-refractivity contribution in [3.05, 3.63) is 30.1 Å². The average molecular weight is 458 g/mol. The number of anilines is 2. The molecule has 9 heteroatoms. The van der Waals surface area contributed by atoms with Crippen LogP contribution in [0.1, 0.15) is 57.4 Å². The molecule has 1 aliphatic carbocycles. The number of cyclic esters (lactones) is 1. The summed E-state index contributed by atoms with van der Waals surface area (Å²) in [7, 11) is 0. The van der Waals surface area contributed by atoms with Gasteiger partial charge in [-0.05, 0) is 50.2 Å². The van der Waals surface area contributed by atoms with Gasteiger partial charge in [-0.1, -0.05) is 13.0 Å². The largest absolute Gasteiger partial charge is 0.462 e. The molecule has 2 atom stereocenters. The Kier molecular flexibility index (Phi) is 7.69. The quantitative estimate of drug-likeness (QED) is 0.490. The van der Waals surface area contributed by atoms with Crippen LogP contribution in [0, 0.1) is 0 Å². The van der Waals surface area contributed by atoms with Crippen molar-refractivity contribution in [2.24, 2.45) is 0 Å². The molecule has 33 heavy (non-hydrogen) atoms. The lowest BCUT2D eigenvalue weighted by atomic mass is 9.93. The number of rotatable bonds is 9. The van der Waals surface area contributed by atoms with Crippen molar-refractivity contribution in [3.63, 3.8) is 0 Å². The van der Waals surface area contributed by atoms with Crippen molar-refractivity contribution in [3.8, 4) is 11.3 Å². The Morgan fingerprint density at radius 1 is 1.18 bits per heavy atom. The van der Waals surface area contributed by atoms with E-state index in [1.807, 2.05) is 12.1 Å². The molecule has 2 aliphatic rings. The van der Waals surface area contributed by atoms with Crippen molar-refractivity contribution in [2.75, 3.05) is 17.2 Å². The van der Waals surface area contributed by atoms with E-state index in [4.69, 9.17) is 4.74 Å². The molecule has 0 amide bonds. The van der Waals surface area contributed by atoms with E-state index in [0.717, 1.165) is 48.9 Å². The van der Waals surface area contributed by atoms with Crippen molar-refractivity contribution in [1.82, 2.24) is 15.0 Å². The Balaban J connectivity index is 1.51. The van der Waals surface area contributed by atoms with Gasteiger partial charge in [-0.25, -0.2) is 9.37 Å². The topological polar surface area (TPSA) is 109 Å². The lowest BCUT2D eigenvalue weighted by Gasteiger charge is -2.27. The number of nitrogens with one attached hydrogen (secondary N) is 2. The Morgan fingerprint density at radius 3 is 2.67 bits per heavy atom. The Labute approximate surface area is 193 Å². The van der Waals surface area contributed by atoms with Crippen molar-refractivity contribution < 1.29 is 19.0 Å². The summed E-state index contributed by atoms with van der Waals surface area (Å²) in [5.41, 5.74) is 2.49. The molecule has 1 saturated heterocycles. The number of esters is 1. The van der Waals surface area contributed by atoms with Crippen LogP contribution in [0.2, 0.25) is 0 Å². The maximum absolute atomic E-state index is 13.7. The number of aliphatic hydroxyl groups excluding tert-OH is 1. The number of nitrogens with zero attached hydrogens (tertiary/aromatic N) is 3. The lowest BCUT2D eigenvalue weighted by Crippen LogP contribution is -2.29. The van der Waals surface area contributed by atoms with E-state index >= 15 is 0 Å². The summed E-state index contributed by atoms with van der Waals surface area (Å²) >= 11 is 0. The van der Waals surface area contributed by atoms with Crippen LogP contribution in [0.4, 0.5) is 16.2 Å². The van der Waals surface area contributed by atoms with Crippen molar-refractivity contribution >= 4 is 17.7 Å². The first kappa shape index (κ1) is 23.4. The highest BCUT2D eigenvalue weighted by molar-refractivity contribution is 5.73. The zero-order valence-electron chi connectivity index (χ0n) is 19.0. The second-order valence-corrected chi connectivity index (χ2v) is 8.90. The zero-order chi connectivity index (χ0) is 23.2. The van der Waals surface area contributed by atoms with E-state index in [1.54, 1.807) is 19.3 Å². The molecule has 2 aromatic heterocycles. The molecule has 0 aromatic carbocycles. The molecule has 2 fully saturated rings. The van der Waals surface area contributed by atoms with E-state index in [9.17, 15) is 14.3 Å². The number of alkyl halides is 1. The van der Waals surface area contributed by atoms with E-state index in [2.05, 4.69) is 25.6 Å². The fourth-order valence-electron chi connectivity index (χ4n) is 4.22. The van der Waals surface area contributed by atoms with Gasteiger partial charge in [-0.15, -0.1) is 0 Å².